The van der Waals surface area contributed by atoms with E-state index in [0.717, 1.165) is 0 Å². The lowest BCUT2D eigenvalue weighted by Gasteiger charge is -2.44. The number of ketones is 1. The van der Waals surface area contributed by atoms with Crippen LogP contribution < -0.4 is 4.74 Å². The molecule has 2 aromatic carbocycles. The molecule has 2 aromatic rings. The molecule has 0 amide bonds. The number of aromatic hydroxyl groups is 5. The minimum atomic E-state index is -3.80. The molecule has 7 atom stereocenters. The maximum atomic E-state index is 13.7. The average molecular weight is 650 g/mol. The molecular formula is C27H22O19. The van der Waals surface area contributed by atoms with Gasteiger partial charge < -0.3 is 74.7 Å². The molecule has 2 unspecified atom stereocenters. The Morgan fingerprint density at radius 1 is 0.870 bits per heavy atom. The molecule has 1 saturated heterocycles. The van der Waals surface area contributed by atoms with Crippen LogP contribution in [0.4, 0.5) is 0 Å². The Balaban J connectivity index is 1.49. The zero-order valence-corrected chi connectivity index (χ0v) is 22.6. The Morgan fingerprint density at radius 3 is 2.11 bits per heavy atom. The summed E-state index contributed by atoms with van der Waals surface area (Å²) < 4.78 is 26.5. The van der Waals surface area contributed by atoms with E-state index >= 15 is 0 Å². The van der Waals surface area contributed by atoms with Crippen molar-refractivity contribution in [2.45, 2.75) is 48.2 Å². The topological polar surface area (TPSA) is 317 Å². The number of aliphatic hydroxyl groups is 5. The highest BCUT2D eigenvalue weighted by molar-refractivity contribution is 6.08. The summed E-state index contributed by atoms with van der Waals surface area (Å²) in [5.74, 6) is -21.8. The number of ether oxygens (including phenoxy) is 5. The van der Waals surface area contributed by atoms with Crippen LogP contribution in [0.25, 0.3) is 0 Å². The zero-order valence-electron chi connectivity index (χ0n) is 22.6. The van der Waals surface area contributed by atoms with Gasteiger partial charge in [-0.2, -0.15) is 0 Å². The molecule has 3 aliphatic heterocycles. The van der Waals surface area contributed by atoms with E-state index < -0.39 is 135 Å². The van der Waals surface area contributed by atoms with Crippen molar-refractivity contribution in [3.8, 4) is 34.5 Å². The smallest absolute Gasteiger partial charge is 0.340 e. The van der Waals surface area contributed by atoms with Gasteiger partial charge in [0.15, 0.2) is 34.9 Å². The molecule has 0 bridgehead atoms. The fraction of sp³-hybridized carbons (Fsp3) is 0.333. The van der Waals surface area contributed by atoms with Gasteiger partial charge in [0.1, 0.15) is 12.2 Å². The number of rotatable bonds is 3. The minimum absolute atomic E-state index is 0.339. The highest BCUT2D eigenvalue weighted by Gasteiger charge is 2.70. The third-order valence-electron chi connectivity index (χ3n) is 7.92. The lowest BCUT2D eigenvalue weighted by atomic mass is 9.74. The second kappa shape index (κ2) is 10.2. The summed E-state index contributed by atoms with van der Waals surface area (Å²) in [6.07, 6.45) is -9.82. The van der Waals surface area contributed by atoms with Crippen LogP contribution >= 0.6 is 0 Å². The quantitative estimate of drug-likeness (QED) is 0.0683. The van der Waals surface area contributed by atoms with Crippen LogP contribution in [0.1, 0.15) is 32.2 Å². The standard InChI is InChI=1S/C27H22O19/c28-5-12-18(35)20-21(25(42-12)45-22(36)6-1-9(29)16(33)10(30)2-6)44-23(37)7-3-11(31)17(34)19-14(7)15-8(24(38)43-20)4-13(32)26(39,40)27(15,41)46-19/h1-4,12,15,18,20-21,25,28-31,33-35,39-41H,5H2/t12-,15?,18-,20+,21-,25+,27?/m1/s1. The van der Waals surface area contributed by atoms with Gasteiger partial charge in [0.2, 0.25) is 23.9 Å². The molecule has 0 aromatic heterocycles. The zero-order chi connectivity index (χ0) is 33.6. The molecule has 10 N–H and O–H groups in total. The number of hydrogen-bond acceptors (Lipinski definition) is 19. The highest BCUT2D eigenvalue weighted by Crippen LogP contribution is 2.59. The Kier molecular flexibility index (Phi) is 6.82. The Bertz CT molecular complexity index is 1720. The van der Waals surface area contributed by atoms with Gasteiger partial charge in [-0.3, -0.25) is 4.79 Å². The van der Waals surface area contributed by atoms with Crippen molar-refractivity contribution in [2.75, 3.05) is 6.61 Å². The van der Waals surface area contributed by atoms with E-state index in [1.54, 1.807) is 0 Å². The molecule has 0 saturated carbocycles. The number of phenolic OH excluding ortho intramolecular Hbond substituents is 5. The predicted octanol–water partition coefficient (Wildman–Crippen LogP) is -3.04. The van der Waals surface area contributed by atoms with Crippen molar-refractivity contribution in [3.63, 3.8) is 0 Å². The fourth-order valence-electron chi connectivity index (χ4n) is 5.61. The first-order valence-electron chi connectivity index (χ1n) is 13.0. The number of benzene rings is 2. The molecule has 1 aliphatic carbocycles. The number of carbonyl (C=O) groups is 4. The molecule has 1 fully saturated rings. The summed E-state index contributed by atoms with van der Waals surface area (Å²) in [5, 5.41) is 103. The van der Waals surface area contributed by atoms with Crippen LogP contribution in [0.15, 0.2) is 29.8 Å². The number of carbonyl (C=O) groups excluding carboxylic acids is 4. The maximum Gasteiger partial charge on any atom is 0.340 e. The van der Waals surface area contributed by atoms with Gasteiger partial charge in [-0.1, -0.05) is 0 Å². The molecule has 0 radical (unpaired) electrons. The fourth-order valence-corrected chi connectivity index (χ4v) is 5.61. The first-order chi connectivity index (χ1) is 21.5. The largest absolute Gasteiger partial charge is 0.504 e. The van der Waals surface area contributed by atoms with Gasteiger partial charge >= 0.3 is 17.9 Å². The van der Waals surface area contributed by atoms with E-state index in [9.17, 15) is 70.2 Å². The van der Waals surface area contributed by atoms with Crippen LogP contribution in [0.3, 0.4) is 0 Å². The van der Waals surface area contributed by atoms with Crippen molar-refractivity contribution in [1.29, 1.82) is 0 Å². The monoisotopic (exact) mass is 650 g/mol. The number of phenols is 5. The Morgan fingerprint density at radius 2 is 1.48 bits per heavy atom. The lowest BCUT2D eigenvalue weighted by molar-refractivity contribution is -0.323. The van der Waals surface area contributed by atoms with Crippen molar-refractivity contribution >= 4 is 23.7 Å². The number of fused-ring (bicyclic) bond motifs is 1. The van der Waals surface area contributed by atoms with Gasteiger partial charge in [-0.05, 0) is 24.3 Å². The number of hydrogen-bond donors (Lipinski definition) is 10. The Labute approximate surface area is 253 Å². The van der Waals surface area contributed by atoms with E-state index in [1.165, 1.54) is 0 Å². The van der Waals surface area contributed by atoms with Crippen molar-refractivity contribution < 1.29 is 93.9 Å². The van der Waals surface area contributed by atoms with Gasteiger partial charge in [-0.15, -0.1) is 0 Å². The van der Waals surface area contributed by atoms with E-state index in [4.69, 9.17) is 23.7 Å². The maximum absolute atomic E-state index is 13.7. The number of aliphatic hydroxyl groups excluding tert-OH is 2. The average Bonchev–Trinajstić information content (AvgIpc) is 3.32. The van der Waals surface area contributed by atoms with Gasteiger partial charge in [-0.25, -0.2) is 14.4 Å². The molecule has 4 aliphatic rings. The molecule has 19 heteroatoms. The van der Waals surface area contributed by atoms with E-state index in [0.29, 0.717) is 24.3 Å². The molecule has 244 valence electrons. The van der Waals surface area contributed by atoms with Crippen LogP contribution in [0.2, 0.25) is 0 Å². The van der Waals surface area contributed by atoms with Crippen molar-refractivity contribution in [3.05, 3.63) is 46.5 Å². The van der Waals surface area contributed by atoms with Gasteiger partial charge in [0, 0.05) is 5.56 Å². The summed E-state index contributed by atoms with van der Waals surface area (Å²) in [6, 6.07) is 1.93. The summed E-state index contributed by atoms with van der Waals surface area (Å²) in [7, 11) is 0. The van der Waals surface area contributed by atoms with Crippen LogP contribution in [0, 0.1) is 0 Å². The SMILES string of the molecule is O=C1O[C@H]2[C@H](O)[C@@H](CO)O[C@@H](OC(=O)c3cc(O)c(O)c(O)c3)[C@@H]2OC(=O)c2cc(O)c(O)c3c2C2C1=CC(=O)C(O)(O)C2(O)O3. The third-order valence-corrected chi connectivity index (χ3v) is 7.92. The molecule has 6 rings (SSSR count). The Hall–Kier alpha value is -5.18. The number of esters is 3. The van der Waals surface area contributed by atoms with Crippen LogP contribution in [0.5, 0.6) is 34.5 Å². The lowest BCUT2D eigenvalue weighted by Crippen LogP contribution is -2.66. The van der Waals surface area contributed by atoms with E-state index in [1.807, 2.05) is 0 Å². The molecule has 46 heavy (non-hydrogen) atoms. The molecule has 19 nitrogen and oxygen atoms in total. The highest BCUT2D eigenvalue weighted by atomic mass is 16.7. The van der Waals surface area contributed by atoms with Gasteiger partial charge in [0.25, 0.3) is 11.6 Å². The van der Waals surface area contributed by atoms with Crippen molar-refractivity contribution in [1.82, 2.24) is 0 Å². The first kappa shape index (κ1) is 30.8. The molecule has 3 heterocycles. The van der Waals surface area contributed by atoms with E-state index in [2.05, 4.69) is 0 Å². The van der Waals surface area contributed by atoms with Gasteiger partial charge in [0.05, 0.1) is 29.2 Å². The third kappa shape index (κ3) is 4.21. The summed E-state index contributed by atoms with van der Waals surface area (Å²) in [4.78, 5) is 52.9. The second-order valence-corrected chi connectivity index (χ2v) is 10.6. The van der Waals surface area contributed by atoms with Crippen LogP contribution in [-0.4, -0.2) is 124 Å². The molecular weight excluding hydrogens is 628 g/mol. The van der Waals surface area contributed by atoms with E-state index in [-0.39, 0.29) is 0 Å². The minimum Gasteiger partial charge on any atom is -0.504 e. The summed E-state index contributed by atoms with van der Waals surface area (Å²) >= 11 is 0. The normalized spacial score (nSPS) is 31.0. The van der Waals surface area contributed by atoms with Crippen LogP contribution in [-0.2, 0) is 28.5 Å². The summed E-state index contributed by atoms with van der Waals surface area (Å²) in [6.45, 7) is -1.01. The molecule has 0 spiro atoms. The summed E-state index contributed by atoms with van der Waals surface area (Å²) in [5.41, 5.74) is -2.97. The second-order valence-electron chi connectivity index (χ2n) is 10.6. The predicted molar refractivity (Wildman–Crippen MR) is 136 cm³/mol. The first-order valence-corrected chi connectivity index (χ1v) is 13.0. The van der Waals surface area contributed by atoms with Crippen molar-refractivity contribution in [2.24, 2.45) is 0 Å².